The van der Waals surface area contributed by atoms with Crippen LogP contribution in [0.25, 0.3) is 11.1 Å². The van der Waals surface area contributed by atoms with E-state index in [1.165, 1.54) is 38.0 Å². The smallest absolute Gasteiger partial charge is 0.298 e. The van der Waals surface area contributed by atoms with Crippen molar-refractivity contribution in [2.24, 2.45) is 5.92 Å². The van der Waals surface area contributed by atoms with E-state index in [9.17, 15) is 0 Å². The van der Waals surface area contributed by atoms with Crippen LogP contribution in [0, 0.1) is 12.8 Å². The van der Waals surface area contributed by atoms with Crippen LogP contribution in [0.5, 0.6) is 0 Å². The molecular formula is C18H26N4O. The number of nitrogens with one attached hydrogen (secondary N) is 1. The second-order valence-corrected chi connectivity index (χ2v) is 6.95. The number of aromatic nitrogens is 1. The zero-order valence-electron chi connectivity index (χ0n) is 13.9. The average Bonchev–Trinajstić information content (AvgIpc) is 2.99. The molecule has 2 aliphatic rings. The summed E-state index contributed by atoms with van der Waals surface area (Å²) in [5, 5.41) is 3.45. The van der Waals surface area contributed by atoms with E-state index in [4.69, 9.17) is 4.42 Å². The van der Waals surface area contributed by atoms with Gasteiger partial charge in [0.25, 0.3) is 6.01 Å². The van der Waals surface area contributed by atoms with Gasteiger partial charge in [0, 0.05) is 32.7 Å². The zero-order valence-corrected chi connectivity index (χ0v) is 13.9. The Labute approximate surface area is 137 Å². The van der Waals surface area contributed by atoms with Crippen LogP contribution < -0.4 is 10.2 Å². The molecule has 0 atom stereocenters. The second kappa shape index (κ2) is 6.49. The second-order valence-electron chi connectivity index (χ2n) is 6.95. The van der Waals surface area contributed by atoms with Gasteiger partial charge in [0.05, 0.1) is 0 Å². The number of piperazine rings is 1. The lowest BCUT2D eigenvalue weighted by Crippen LogP contribution is -2.48. The Morgan fingerprint density at radius 1 is 1.17 bits per heavy atom. The molecule has 124 valence electrons. The molecule has 0 unspecified atom stereocenters. The number of nitrogens with zero attached hydrogens (tertiary/aromatic N) is 3. The van der Waals surface area contributed by atoms with E-state index < -0.39 is 0 Å². The highest BCUT2D eigenvalue weighted by atomic mass is 16.4. The van der Waals surface area contributed by atoms with Gasteiger partial charge >= 0.3 is 0 Å². The van der Waals surface area contributed by atoms with E-state index in [1.807, 2.05) is 6.07 Å². The van der Waals surface area contributed by atoms with Gasteiger partial charge in [-0.3, -0.25) is 4.90 Å². The summed E-state index contributed by atoms with van der Waals surface area (Å²) in [5.41, 5.74) is 3.09. The Kier molecular flexibility index (Phi) is 4.23. The Balaban J connectivity index is 1.36. The predicted octanol–water partition coefficient (Wildman–Crippen LogP) is 2.26. The minimum atomic E-state index is 0.784. The molecule has 0 bridgehead atoms. The largest absolute Gasteiger partial charge is 0.423 e. The fourth-order valence-electron chi connectivity index (χ4n) is 3.71. The Morgan fingerprint density at radius 2 is 1.96 bits per heavy atom. The van der Waals surface area contributed by atoms with Crippen molar-refractivity contribution in [1.82, 2.24) is 15.2 Å². The van der Waals surface area contributed by atoms with Crippen LogP contribution in [0.1, 0.15) is 18.4 Å². The van der Waals surface area contributed by atoms with Gasteiger partial charge in [-0.15, -0.1) is 0 Å². The summed E-state index contributed by atoms with van der Waals surface area (Å²) in [5.74, 6) is 0.870. The Bertz CT molecular complexity index is 654. The van der Waals surface area contributed by atoms with E-state index >= 15 is 0 Å². The number of piperidine rings is 1. The number of oxazole rings is 1. The molecular weight excluding hydrogens is 288 g/mol. The summed E-state index contributed by atoms with van der Waals surface area (Å²) in [6.45, 7) is 9.96. The first kappa shape index (κ1) is 15.0. The Morgan fingerprint density at radius 3 is 2.74 bits per heavy atom. The van der Waals surface area contributed by atoms with Gasteiger partial charge in [-0.1, -0.05) is 6.07 Å². The molecule has 0 aliphatic carbocycles. The lowest BCUT2D eigenvalue weighted by Gasteiger charge is -2.36. The standard InChI is InChI=1S/C18H26N4O/c1-14-2-3-17-16(12-14)20-18(23-17)22-10-8-21(9-11-22)13-15-4-6-19-7-5-15/h2-3,12,15,19H,4-11,13H2,1H3. The summed E-state index contributed by atoms with van der Waals surface area (Å²) in [4.78, 5) is 9.57. The number of rotatable bonds is 3. The molecule has 2 aromatic rings. The minimum Gasteiger partial charge on any atom is -0.423 e. The first-order chi connectivity index (χ1) is 11.3. The molecule has 1 aromatic carbocycles. The topological polar surface area (TPSA) is 44.5 Å². The van der Waals surface area contributed by atoms with Crippen LogP contribution in [0.2, 0.25) is 0 Å². The molecule has 2 aliphatic heterocycles. The van der Waals surface area contributed by atoms with Crippen LogP contribution in [-0.4, -0.2) is 55.7 Å². The van der Waals surface area contributed by atoms with Crippen LogP contribution in [0.4, 0.5) is 6.01 Å². The fourth-order valence-corrected chi connectivity index (χ4v) is 3.71. The van der Waals surface area contributed by atoms with E-state index in [0.717, 1.165) is 49.2 Å². The number of hydrogen-bond donors (Lipinski definition) is 1. The van der Waals surface area contributed by atoms with Crippen molar-refractivity contribution in [2.75, 3.05) is 50.7 Å². The molecule has 23 heavy (non-hydrogen) atoms. The highest BCUT2D eigenvalue weighted by molar-refractivity contribution is 5.75. The monoisotopic (exact) mass is 314 g/mol. The van der Waals surface area contributed by atoms with Crippen LogP contribution >= 0.6 is 0 Å². The Hall–Kier alpha value is -1.59. The molecule has 0 spiro atoms. The fraction of sp³-hybridized carbons (Fsp3) is 0.611. The minimum absolute atomic E-state index is 0.784. The van der Waals surface area contributed by atoms with Crippen molar-refractivity contribution in [1.29, 1.82) is 0 Å². The number of benzene rings is 1. The first-order valence-electron chi connectivity index (χ1n) is 8.83. The summed E-state index contributed by atoms with van der Waals surface area (Å²) >= 11 is 0. The molecule has 5 nitrogen and oxygen atoms in total. The number of anilines is 1. The normalized spacial score (nSPS) is 21.2. The molecule has 0 saturated carbocycles. The lowest BCUT2D eigenvalue weighted by molar-refractivity contribution is 0.194. The summed E-state index contributed by atoms with van der Waals surface area (Å²) in [7, 11) is 0. The van der Waals surface area contributed by atoms with E-state index in [2.05, 4.69) is 39.2 Å². The first-order valence-corrected chi connectivity index (χ1v) is 8.83. The van der Waals surface area contributed by atoms with Crippen molar-refractivity contribution in [2.45, 2.75) is 19.8 Å². The average molecular weight is 314 g/mol. The van der Waals surface area contributed by atoms with Gasteiger partial charge in [0.2, 0.25) is 0 Å². The van der Waals surface area contributed by atoms with Crippen molar-refractivity contribution in [3.63, 3.8) is 0 Å². The summed E-state index contributed by atoms with van der Waals surface area (Å²) < 4.78 is 5.94. The van der Waals surface area contributed by atoms with E-state index in [-0.39, 0.29) is 0 Å². The van der Waals surface area contributed by atoms with E-state index in [0.29, 0.717) is 0 Å². The summed E-state index contributed by atoms with van der Waals surface area (Å²) in [6, 6.07) is 6.98. The predicted molar refractivity (Wildman–Crippen MR) is 93.0 cm³/mol. The quantitative estimate of drug-likeness (QED) is 0.941. The molecule has 1 N–H and O–H groups in total. The van der Waals surface area contributed by atoms with Gasteiger partial charge in [0.1, 0.15) is 5.52 Å². The third kappa shape index (κ3) is 3.35. The third-order valence-corrected chi connectivity index (χ3v) is 5.15. The molecule has 5 heteroatoms. The third-order valence-electron chi connectivity index (χ3n) is 5.15. The van der Waals surface area contributed by atoms with Crippen LogP contribution in [0.3, 0.4) is 0 Å². The van der Waals surface area contributed by atoms with Crippen molar-refractivity contribution in [3.8, 4) is 0 Å². The molecule has 3 heterocycles. The van der Waals surface area contributed by atoms with Crippen LogP contribution in [-0.2, 0) is 0 Å². The van der Waals surface area contributed by atoms with Crippen LogP contribution in [0.15, 0.2) is 22.6 Å². The van der Waals surface area contributed by atoms with Gasteiger partial charge < -0.3 is 14.6 Å². The van der Waals surface area contributed by atoms with Crippen molar-refractivity contribution in [3.05, 3.63) is 23.8 Å². The van der Waals surface area contributed by atoms with E-state index in [1.54, 1.807) is 0 Å². The van der Waals surface area contributed by atoms with Gasteiger partial charge in [-0.25, -0.2) is 0 Å². The van der Waals surface area contributed by atoms with Gasteiger partial charge in [-0.2, -0.15) is 4.98 Å². The van der Waals surface area contributed by atoms with Gasteiger partial charge in [0.15, 0.2) is 5.58 Å². The maximum Gasteiger partial charge on any atom is 0.298 e. The number of hydrogen-bond acceptors (Lipinski definition) is 5. The maximum atomic E-state index is 5.94. The molecule has 1 aromatic heterocycles. The van der Waals surface area contributed by atoms with Crippen molar-refractivity contribution < 1.29 is 4.42 Å². The highest BCUT2D eigenvalue weighted by Gasteiger charge is 2.23. The zero-order chi connectivity index (χ0) is 15.6. The number of fused-ring (bicyclic) bond motifs is 1. The molecule has 0 amide bonds. The van der Waals surface area contributed by atoms with Crippen molar-refractivity contribution >= 4 is 17.1 Å². The SMILES string of the molecule is Cc1ccc2oc(N3CCN(CC4CCNCC4)CC3)nc2c1. The maximum absolute atomic E-state index is 5.94. The molecule has 0 radical (unpaired) electrons. The number of aryl methyl sites for hydroxylation is 1. The highest BCUT2D eigenvalue weighted by Crippen LogP contribution is 2.24. The summed E-state index contributed by atoms with van der Waals surface area (Å²) in [6.07, 6.45) is 2.65. The lowest BCUT2D eigenvalue weighted by atomic mass is 9.97. The molecule has 4 rings (SSSR count). The molecule has 2 fully saturated rings. The molecule has 2 saturated heterocycles. The van der Waals surface area contributed by atoms with Gasteiger partial charge in [-0.05, 0) is 56.5 Å².